The third kappa shape index (κ3) is 4.65. The summed E-state index contributed by atoms with van der Waals surface area (Å²) in [6, 6.07) is 10.8. The van der Waals surface area contributed by atoms with E-state index in [1.54, 1.807) is 13.3 Å². The lowest BCUT2D eigenvalue weighted by Crippen LogP contribution is -2.01. The SMILES string of the molecule is Cc1cc(OCP(C)(C)=O)cc(C)c1Cc1ccc2[nH]cc(C(C)C)c2c1. The molecule has 0 bridgehead atoms. The molecular formula is C23H30NO2P. The molecule has 1 aromatic heterocycles. The molecule has 0 amide bonds. The van der Waals surface area contributed by atoms with Crippen LogP contribution < -0.4 is 4.74 Å². The van der Waals surface area contributed by atoms with Gasteiger partial charge >= 0.3 is 0 Å². The number of aromatic nitrogens is 1. The average molecular weight is 383 g/mol. The Bertz CT molecular complexity index is 987. The minimum atomic E-state index is -2.18. The number of aromatic amines is 1. The highest BCUT2D eigenvalue weighted by Gasteiger charge is 2.12. The lowest BCUT2D eigenvalue weighted by molar-refractivity contribution is 0.377. The van der Waals surface area contributed by atoms with Gasteiger partial charge in [0.05, 0.1) is 0 Å². The van der Waals surface area contributed by atoms with Crippen molar-refractivity contribution in [1.29, 1.82) is 0 Å². The number of nitrogens with one attached hydrogen (secondary N) is 1. The second-order valence-corrected chi connectivity index (χ2v) is 11.7. The molecule has 3 nitrogen and oxygen atoms in total. The Kier molecular flexibility index (Phi) is 5.53. The summed E-state index contributed by atoms with van der Waals surface area (Å²) in [5.74, 6) is 1.31. The zero-order valence-corrected chi connectivity index (χ0v) is 18.1. The number of hydrogen-bond acceptors (Lipinski definition) is 2. The summed E-state index contributed by atoms with van der Waals surface area (Å²) in [5, 5.41) is 1.32. The van der Waals surface area contributed by atoms with Gasteiger partial charge in [-0.3, -0.25) is 0 Å². The Morgan fingerprint density at radius 2 is 1.74 bits per heavy atom. The fourth-order valence-electron chi connectivity index (χ4n) is 3.53. The Morgan fingerprint density at radius 1 is 1.07 bits per heavy atom. The van der Waals surface area contributed by atoms with Crippen molar-refractivity contribution in [1.82, 2.24) is 4.98 Å². The number of aryl methyl sites for hydroxylation is 2. The lowest BCUT2D eigenvalue weighted by atomic mass is 9.94. The van der Waals surface area contributed by atoms with E-state index in [1.165, 1.54) is 38.7 Å². The van der Waals surface area contributed by atoms with Gasteiger partial charge in [0.2, 0.25) is 0 Å². The molecule has 1 heterocycles. The topological polar surface area (TPSA) is 42.1 Å². The highest BCUT2D eigenvalue weighted by Crippen LogP contribution is 2.36. The van der Waals surface area contributed by atoms with Crippen LogP contribution in [0.15, 0.2) is 36.5 Å². The van der Waals surface area contributed by atoms with E-state index in [9.17, 15) is 4.57 Å². The van der Waals surface area contributed by atoms with Crippen molar-refractivity contribution >= 4 is 18.0 Å². The van der Waals surface area contributed by atoms with Gasteiger partial charge in [-0.2, -0.15) is 0 Å². The largest absolute Gasteiger partial charge is 0.486 e. The first-order valence-electron chi connectivity index (χ1n) is 9.51. The maximum Gasteiger partial charge on any atom is 0.140 e. The van der Waals surface area contributed by atoms with Crippen LogP contribution in [-0.2, 0) is 11.0 Å². The van der Waals surface area contributed by atoms with Crippen LogP contribution in [0.3, 0.4) is 0 Å². The van der Waals surface area contributed by atoms with Gasteiger partial charge in [-0.15, -0.1) is 0 Å². The molecule has 2 aromatic carbocycles. The molecule has 4 heteroatoms. The zero-order valence-electron chi connectivity index (χ0n) is 17.2. The van der Waals surface area contributed by atoms with Gasteiger partial charge in [0.25, 0.3) is 0 Å². The van der Waals surface area contributed by atoms with Crippen LogP contribution in [0.2, 0.25) is 0 Å². The molecule has 0 fully saturated rings. The first-order valence-corrected chi connectivity index (χ1v) is 12.3. The fraction of sp³-hybridized carbons (Fsp3) is 0.391. The minimum absolute atomic E-state index is 0.285. The van der Waals surface area contributed by atoms with Crippen molar-refractivity contribution in [2.24, 2.45) is 0 Å². The second kappa shape index (κ2) is 7.56. The Hall–Kier alpha value is -1.99. The molecule has 0 saturated heterocycles. The minimum Gasteiger partial charge on any atom is -0.486 e. The molecule has 0 saturated carbocycles. The number of ether oxygens (including phenoxy) is 1. The maximum absolute atomic E-state index is 11.9. The summed E-state index contributed by atoms with van der Waals surface area (Å²) in [6.45, 7) is 12.2. The summed E-state index contributed by atoms with van der Waals surface area (Å²) in [7, 11) is -2.18. The molecule has 27 heavy (non-hydrogen) atoms. The fourth-order valence-corrected chi connectivity index (χ4v) is 3.99. The predicted octanol–water partition coefficient (Wildman–Crippen LogP) is 6.46. The molecule has 0 radical (unpaired) electrons. The van der Waals surface area contributed by atoms with Gasteiger partial charge in [-0.05, 0) is 91.6 Å². The van der Waals surface area contributed by atoms with E-state index in [1.807, 2.05) is 0 Å². The van der Waals surface area contributed by atoms with Crippen molar-refractivity contribution in [2.75, 3.05) is 19.7 Å². The first-order chi connectivity index (χ1) is 12.6. The quantitative estimate of drug-likeness (QED) is 0.497. The highest BCUT2D eigenvalue weighted by molar-refractivity contribution is 7.62. The number of rotatable bonds is 6. The van der Waals surface area contributed by atoms with Crippen molar-refractivity contribution in [2.45, 2.75) is 40.0 Å². The monoisotopic (exact) mass is 383 g/mol. The smallest absolute Gasteiger partial charge is 0.140 e. The van der Waals surface area contributed by atoms with E-state index in [4.69, 9.17) is 4.74 Å². The number of benzene rings is 2. The van der Waals surface area contributed by atoms with Crippen LogP contribution in [-0.4, -0.2) is 24.7 Å². The summed E-state index contributed by atoms with van der Waals surface area (Å²) < 4.78 is 17.7. The molecule has 3 rings (SSSR count). The number of H-pyrrole nitrogens is 1. The third-order valence-corrected chi connectivity index (χ3v) is 5.74. The Morgan fingerprint density at radius 3 is 2.33 bits per heavy atom. The predicted molar refractivity (Wildman–Crippen MR) is 116 cm³/mol. The molecule has 0 aliphatic heterocycles. The molecule has 1 N–H and O–H groups in total. The van der Waals surface area contributed by atoms with Crippen LogP contribution in [0, 0.1) is 13.8 Å². The normalized spacial score (nSPS) is 12.1. The van der Waals surface area contributed by atoms with Crippen LogP contribution in [0.1, 0.15) is 47.6 Å². The molecule has 144 valence electrons. The average Bonchev–Trinajstić information content (AvgIpc) is 2.99. The van der Waals surface area contributed by atoms with Crippen LogP contribution in [0.4, 0.5) is 0 Å². The van der Waals surface area contributed by atoms with Crippen LogP contribution >= 0.6 is 7.14 Å². The van der Waals surface area contributed by atoms with E-state index in [0.717, 1.165) is 12.2 Å². The molecule has 0 unspecified atom stereocenters. The lowest BCUT2D eigenvalue weighted by Gasteiger charge is -2.15. The van der Waals surface area contributed by atoms with Gasteiger partial charge in [0, 0.05) is 17.1 Å². The van der Waals surface area contributed by atoms with E-state index < -0.39 is 7.14 Å². The van der Waals surface area contributed by atoms with Gasteiger partial charge in [0.1, 0.15) is 19.2 Å². The van der Waals surface area contributed by atoms with Gasteiger partial charge in [-0.1, -0.05) is 19.9 Å². The first kappa shape index (κ1) is 19.8. The molecule has 3 aromatic rings. The van der Waals surface area contributed by atoms with Crippen molar-refractivity contribution in [3.8, 4) is 5.75 Å². The van der Waals surface area contributed by atoms with Crippen LogP contribution in [0.5, 0.6) is 5.75 Å². The number of hydrogen-bond donors (Lipinski definition) is 1. The molecular weight excluding hydrogens is 353 g/mol. The van der Waals surface area contributed by atoms with E-state index >= 15 is 0 Å². The van der Waals surface area contributed by atoms with E-state index in [-0.39, 0.29) is 6.35 Å². The summed E-state index contributed by atoms with van der Waals surface area (Å²) in [4.78, 5) is 3.38. The van der Waals surface area contributed by atoms with Crippen LogP contribution in [0.25, 0.3) is 10.9 Å². The van der Waals surface area contributed by atoms with E-state index in [0.29, 0.717) is 5.92 Å². The van der Waals surface area contributed by atoms with Crippen molar-refractivity contribution in [3.63, 3.8) is 0 Å². The Labute approximate surface area is 162 Å². The highest BCUT2D eigenvalue weighted by atomic mass is 31.2. The summed E-state index contributed by atoms with van der Waals surface area (Å²) >= 11 is 0. The zero-order chi connectivity index (χ0) is 19.8. The van der Waals surface area contributed by atoms with Gasteiger partial charge < -0.3 is 14.3 Å². The summed E-state index contributed by atoms with van der Waals surface area (Å²) in [5.41, 5.74) is 7.64. The maximum atomic E-state index is 11.9. The summed E-state index contributed by atoms with van der Waals surface area (Å²) in [6.07, 6.45) is 3.31. The molecule has 0 spiro atoms. The Balaban J connectivity index is 1.88. The third-order valence-electron chi connectivity index (χ3n) is 4.99. The van der Waals surface area contributed by atoms with E-state index in [2.05, 4.69) is 69.2 Å². The van der Waals surface area contributed by atoms with Crippen molar-refractivity contribution < 1.29 is 9.30 Å². The second-order valence-electron chi connectivity index (χ2n) is 8.34. The number of fused-ring (bicyclic) bond motifs is 1. The van der Waals surface area contributed by atoms with Crippen molar-refractivity contribution in [3.05, 3.63) is 64.3 Å². The molecule has 0 aliphatic rings. The standard InChI is InChI=1S/C23H30NO2P/c1-15(2)22-13-24-23-8-7-18(12-21(22)23)11-20-16(3)9-19(10-17(20)4)26-14-27(5,6)25/h7-10,12-13,15,24H,11,14H2,1-6H3. The van der Waals surface area contributed by atoms with Gasteiger partial charge in [-0.25, -0.2) is 0 Å². The molecule has 0 atom stereocenters. The van der Waals surface area contributed by atoms with Gasteiger partial charge in [0.15, 0.2) is 0 Å². The molecule has 0 aliphatic carbocycles.